The van der Waals surface area contributed by atoms with Gasteiger partial charge in [0.2, 0.25) is 5.43 Å². The maximum atomic E-state index is 15.1. The molecule has 0 spiro atoms. The Morgan fingerprint density at radius 2 is 2.00 bits per heavy atom. The first-order chi connectivity index (χ1) is 15.8. The van der Waals surface area contributed by atoms with Crippen molar-refractivity contribution in [3.63, 3.8) is 0 Å². The van der Waals surface area contributed by atoms with Crippen LogP contribution in [-0.4, -0.2) is 40.3 Å². The van der Waals surface area contributed by atoms with Crippen molar-refractivity contribution >= 4 is 11.7 Å². The number of benzene rings is 1. The molecule has 1 aromatic carbocycles. The van der Waals surface area contributed by atoms with Crippen molar-refractivity contribution in [3.05, 3.63) is 75.0 Å². The van der Waals surface area contributed by atoms with E-state index >= 15 is 4.39 Å². The van der Waals surface area contributed by atoms with Gasteiger partial charge in [-0.1, -0.05) is 37.3 Å². The number of pyridine rings is 1. The Bertz CT molecular complexity index is 1140. The standard InChI is InChI=1S/C25H31FN4O3/c1-3-25(13-17(25)15-8-6-5-7-9-15)29-11-10-28-18-12-19-20(22(27)21(18)26)23(31)16(24(32)33)14-30(19)4-2/h5-9,14,17-18,28-29H,3-4,10-13,27H2,1-2H3,(H,32,33)/t17-,18?,25+/m0/s1. The molecule has 7 nitrogen and oxygen atoms in total. The van der Waals surface area contributed by atoms with Crippen molar-refractivity contribution in [2.24, 2.45) is 5.73 Å². The molecular formula is C25H31FN4O3. The molecule has 2 aromatic rings. The van der Waals surface area contributed by atoms with Gasteiger partial charge < -0.3 is 26.0 Å². The quantitative estimate of drug-likeness (QED) is 0.434. The predicted octanol–water partition coefficient (Wildman–Crippen LogP) is 2.60. The molecule has 1 saturated carbocycles. The molecule has 5 N–H and O–H groups in total. The second-order valence-electron chi connectivity index (χ2n) is 8.86. The number of aryl methyl sites for hydroxylation is 1. The van der Waals surface area contributed by atoms with Gasteiger partial charge >= 0.3 is 5.97 Å². The largest absolute Gasteiger partial charge is 0.477 e. The summed E-state index contributed by atoms with van der Waals surface area (Å²) in [5.41, 5.74) is 6.55. The lowest BCUT2D eigenvalue weighted by molar-refractivity contribution is 0.0694. The zero-order chi connectivity index (χ0) is 23.8. The summed E-state index contributed by atoms with van der Waals surface area (Å²) < 4.78 is 16.7. The smallest absolute Gasteiger partial charge is 0.341 e. The van der Waals surface area contributed by atoms with Crippen molar-refractivity contribution < 1.29 is 14.3 Å². The van der Waals surface area contributed by atoms with Crippen LogP contribution in [0.3, 0.4) is 0 Å². The molecular weight excluding hydrogens is 423 g/mol. The molecule has 0 aliphatic heterocycles. The van der Waals surface area contributed by atoms with Crippen molar-refractivity contribution in [2.45, 2.75) is 57.2 Å². The highest BCUT2D eigenvalue weighted by Crippen LogP contribution is 2.53. The number of carboxylic acid groups (broad SMARTS) is 1. The number of carbonyl (C=O) groups is 1. The van der Waals surface area contributed by atoms with E-state index in [4.69, 9.17) is 5.73 Å². The van der Waals surface area contributed by atoms with Crippen LogP contribution in [0.4, 0.5) is 4.39 Å². The van der Waals surface area contributed by atoms with Crippen LogP contribution in [0.25, 0.3) is 5.70 Å². The number of fused-ring (bicyclic) bond motifs is 1. The van der Waals surface area contributed by atoms with E-state index in [2.05, 4.69) is 41.8 Å². The maximum absolute atomic E-state index is 15.1. The summed E-state index contributed by atoms with van der Waals surface area (Å²) >= 11 is 0. The van der Waals surface area contributed by atoms with Gasteiger partial charge in [0.25, 0.3) is 0 Å². The third-order valence-corrected chi connectivity index (χ3v) is 7.09. The summed E-state index contributed by atoms with van der Waals surface area (Å²) in [6.07, 6.45) is 3.65. The fraction of sp³-hybridized carbons (Fsp3) is 0.440. The van der Waals surface area contributed by atoms with E-state index in [1.165, 1.54) is 11.8 Å². The average Bonchev–Trinajstić information content (AvgIpc) is 3.55. The summed E-state index contributed by atoms with van der Waals surface area (Å²) in [6.45, 7) is 5.68. The van der Waals surface area contributed by atoms with E-state index in [9.17, 15) is 14.7 Å². The van der Waals surface area contributed by atoms with Crippen molar-refractivity contribution in [2.75, 3.05) is 13.1 Å². The van der Waals surface area contributed by atoms with Gasteiger partial charge in [-0.3, -0.25) is 4.79 Å². The monoisotopic (exact) mass is 454 g/mol. The van der Waals surface area contributed by atoms with Gasteiger partial charge in [0, 0.05) is 49.4 Å². The normalized spacial score (nSPS) is 24.0. The summed E-state index contributed by atoms with van der Waals surface area (Å²) in [5.74, 6) is -1.47. The molecule has 33 heavy (non-hydrogen) atoms. The number of aromatic carboxylic acids is 1. The van der Waals surface area contributed by atoms with Gasteiger partial charge in [-0.05, 0) is 25.3 Å². The molecule has 8 heteroatoms. The van der Waals surface area contributed by atoms with Crippen LogP contribution < -0.4 is 21.8 Å². The third kappa shape index (κ3) is 4.20. The molecule has 0 amide bonds. The fourth-order valence-electron chi connectivity index (χ4n) is 5.08. The summed E-state index contributed by atoms with van der Waals surface area (Å²) in [7, 11) is 0. The number of carboxylic acids is 1. The number of nitrogens with two attached hydrogens (primary N) is 1. The van der Waals surface area contributed by atoms with E-state index in [0.29, 0.717) is 31.2 Å². The highest BCUT2D eigenvalue weighted by atomic mass is 19.1. The zero-order valence-corrected chi connectivity index (χ0v) is 19.0. The number of nitrogens with one attached hydrogen (secondary N) is 2. The minimum Gasteiger partial charge on any atom is -0.477 e. The van der Waals surface area contributed by atoms with Crippen LogP contribution in [0.5, 0.6) is 0 Å². The van der Waals surface area contributed by atoms with E-state index < -0.39 is 28.8 Å². The minimum atomic E-state index is -1.34. The van der Waals surface area contributed by atoms with Crippen LogP contribution in [0.2, 0.25) is 0 Å². The SMILES string of the molecule is CCn1cc(C(=O)O)c(=O)c2c1CC(NCCN[C@]1(CC)C[C@H]1c1ccccc1)C(F)=C2N. The second-order valence-corrected chi connectivity index (χ2v) is 8.86. The van der Waals surface area contributed by atoms with Crippen molar-refractivity contribution in [1.82, 2.24) is 15.2 Å². The Hall–Kier alpha value is -2.97. The van der Waals surface area contributed by atoms with Gasteiger partial charge in [0.1, 0.15) is 11.4 Å². The van der Waals surface area contributed by atoms with E-state index in [-0.39, 0.29) is 23.2 Å². The summed E-state index contributed by atoms with van der Waals surface area (Å²) in [5, 5.41) is 16.2. The number of hydrogen-bond acceptors (Lipinski definition) is 5. The number of halogens is 1. The van der Waals surface area contributed by atoms with Crippen molar-refractivity contribution in [1.29, 1.82) is 0 Å². The van der Waals surface area contributed by atoms with Crippen LogP contribution in [0.1, 0.15) is 59.8 Å². The lowest BCUT2D eigenvalue weighted by Crippen LogP contribution is -2.44. The zero-order valence-electron chi connectivity index (χ0n) is 19.0. The highest BCUT2D eigenvalue weighted by molar-refractivity contribution is 5.89. The molecule has 1 heterocycles. The Labute approximate surface area is 192 Å². The first kappa shape index (κ1) is 23.2. The molecule has 0 saturated heterocycles. The lowest BCUT2D eigenvalue weighted by atomic mass is 9.93. The number of rotatable bonds is 9. The van der Waals surface area contributed by atoms with Gasteiger partial charge in [-0.2, -0.15) is 0 Å². The Morgan fingerprint density at radius 1 is 1.27 bits per heavy atom. The van der Waals surface area contributed by atoms with Gasteiger partial charge in [0.05, 0.1) is 17.3 Å². The number of nitrogens with zero attached hydrogens (tertiary/aromatic N) is 1. The van der Waals surface area contributed by atoms with E-state index in [0.717, 1.165) is 12.8 Å². The molecule has 1 unspecified atom stereocenters. The first-order valence-electron chi connectivity index (χ1n) is 11.5. The Morgan fingerprint density at radius 3 is 2.64 bits per heavy atom. The van der Waals surface area contributed by atoms with Crippen LogP contribution in [-0.2, 0) is 13.0 Å². The van der Waals surface area contributed by atoms with Gasteiger partial charge in [0.15, 0.2) is 0 Å². The predicted molar refractivity (Wildman–Crippen MR) is 126 cm³/mol. The summed E-state index contributed by atoms with van der Waals surface area (Å²) in [4.78, 5) is 24.1. The minimum absolute atomic E-state index is 0.0287. The molecule has 3 atom stereocenters. The molecule has 0 radical (unpaired) electrons. The molecule has 2 aliphatic carbocycles. The maximum Gasteiger partial charge on any atom is 0.341 e. The molecule has 2 aliphatic rings. The van der Waals surface area contributed by atoms with Crippen LogP contribution >= 0.6 is 0 Å². The Balaban J connectivity index is 1.44. The van der Waals surface area contributed by atoms with Gasteiger partial charge in [-0.15, -0.1) is 0 Å². The summed E-state index contributed by atoms with van der Waals surface area (Å²) in [6, 6.07) is 9.80. The van der Waals surface area contributed by atoms with Crippen LogP contribution in [0, 0.1) is 0 Å². The fourth-order valence-corrected chi connectivity index (χ4v) is 5.08. The molecule has 176 valence electrons. The first-order valence-corrected chi connectivity index (χ1v) is 11.5. The molecule has 1 aromatic heterocycles. The average molecular weight is 455 g/mol. The molecule has 4 rings (SSSR count). The molecule has 1 fully saturated rings. The number of hydrogen-bond donors (Lipinski definition) is 4. The topological polar surface area (TPSA) is 109 Å². The van der Waals surface area contributed by atoms with Gasteiger partial charge in [-0.25, -0.2) is 9.18 Å². The highest BCUT2D eigenvalue weighted by Gasteiger charge is 2.52. The van der Waals surface area contributed by atoms with E-state index in [1.807, 2.05) is 13.0 Å². The molecule has 0 bridgehead atoms. The van der Waals surface area contributed by atoms with Crippen molar-refractivity contribution in [3.8, 4) is 0 Å². The van der Waals surface area contributed by atoms with E-state index in [1.54, 1.807) is 4.57 Å². The second kappa shape index (κ2) is 9.11. The lowest BCUT2D eigenvalue weighted by Gasteiger charge is -2.28. The Kier molecular flexibility index (Phi) is 6.41. The number of aromatic nitrogens is 1. The third-order valence-electron chi connectivity index (χ3n) is 7.09. The van der Waals surface area contributed by atoms with Crippen LogP contribution in [0.15, 0.2) is 47.2 Å².